The molecule has 0 radical (unpaired) electrons. The van der Waals surface area contributed by atoms with Gasteiger partial charge in [0.15, 0.2) is 16.8 Å². The molecule has 2 aromatic carbocycles. The van der Waals surface area contributed by atoms with Crippen molar-refractivity contribution in [1.29, 1.82) is 0 Å². The van der Waals surface area contributed by atoms with Crippen LogP contribution in [0, 0.1) is 0 Å². The van der Waals surface area contributed by atoms with Gasteiger partial charge in [-0.1, -0.05) is 23.4 Å². The van der Waals surface area contributed by atoms with Crippen LogP contribution >= 0.6 is 23.4 Å². The lowest BCUT2D eigenvalue weighted by molar-refractivity contribution is 0.0994. The van der Waals surface area contributed by atoms with E-state index in [1.165, 1.54) is 11.8 Å². The molecule has 0 bridgehead atoms. The SMILES string of the molecule is COc1ccc(C(=O)C(C)Sc2nnc(C(C)N(C)C)n2-c2ccc(Cl)cc2)cc1. The molecule has 3 rings (SSSR count). The van der Waals surface area contributed by atoms with Gasteiger partial charge in [-0.25, -0.2) is 0 Å². The van der Waals surface area contributed by atoms with E-state index in [2.05, 4.69) is 22.0 Å². The van der Waals surface area contributed by atoms with Crippen molar-refractivity contribution < 1.29 is 9.53 Å². The van der Waals surface area contributed by atoms with E-state index in [4.69, 9.17) is 16.3 Å². The number of rotatable bonds is 8. The number of halogens is 1. The third-order valence-electron chi connectivity index (χ3n) is 4.92. The van der Waals surface area contributed by atoms with Gasteiger partial charge >= 0.3 is 0 Å². The molecule has 6 nitrogen and oxygen atoms in total. The molecule has 0 amide bonds. The van der Waals surface area contributed by atoms with Gasteiger partial charge < -0.3 is 4.74 Å². The number of aromatic nitrogens is 3. The molecule has 3 aromatic rings. The minimum atomic E-state index is -0.337. The number of methoxy groups -OCH3 is 1. The summed E-state index contributed by atoms with van der Waals surface area (Å²) in [5, 5.41) is 9.82. The van der Waals surface area contributed by atoms with Crippen molar-refractivity contribution in [1.82, 2.24) is 19.7 Å². The molecule has 158 valence electrons. The highest BCUT2D eigenvalue weighted by atomic mass is 35.5. The van der Waals surface area contributed by atoms with Crippen LogP contribution in [0.2, 0.25) is 5.02 Å². The molecule has 30 heavy (non-hydrogen) atoms. The maximum absolute atomic E-state index is 12.9. The fourth-order valence-corrected chi connectivity index (χ4v) is 3.97. The summed E-state index contributed by atoms with van der Waals surface area (Å²) in [7, 11) is 5.59. The van der Waals surface area contributed by atoms with E-state index < -0.39 is 0 Å². The third-order valence-corrected chi connectivity index (χ3v) is 6.21. The lowest BCUT2D eigenvalue weighted by Crippen LogP contribution is -2.21. The molecule has 0 saturated carbocycles. The molecule has 0 spiro atoms. The number of hydrogen-bond donors (Lipinski definition) is 0. The maximum Gasteiger partial charge on any atom is 0.196 e. The number of thioether (sulfide) groups is 1. The Kier molecular flexibility index (Phi) is 7.18. The Bertz CT molecular complexity index is 1000. The Morgan fingerprint density at radius 2 is 1.70 bits per heavy atom. The number of Topliss-reactive ketones (excluding diaryl/α,β-unsaturated/α-hetero) is 1. The van der Waals surface area contributed by atoms with Gasteiger partial charge in [-0.15, -0.1) is 10.2 Å². The van der Waals surface area contributed by atoms with Crippen molar-refractivity contribution in [3.63, 3.8) is 0 Å². The molecule has 0 aliphatic rings. The number of benzene rings is 2. The first-order chi connectivity index (χ1) is 14.3. The van der Waals surface area contributed by atoms with Crippen LogP contribution in [0.15, 0.2) is 53.7 Å². The van der Waals surface area contributed by atoms with Gasteiger partial charge in [-0.05, 0) is 76.5 Å². The molecule has 0 aliphatic heterocycles. The van der Waals surface area contributed by atoms with Gasteiger partial charge in [0, 0.05) is 16.3 Å². The maximum atomic E-state index is 12.9. The standard InChI is InChI=1S/C22H25ClN4O2S/c1-14(26(3)4)21-24-25-22(27(21)18-10-8-17(23)9-11-18)30-15(2)20(28)16-6-12-19(29-5)13-7-16/h6-15H,1-5H3. The number of carbonyl (C=O) groups excluding carboxylic acids is 1. The summed E-state index contributed by atoms with van der Waals surface area (Å²) in [6.45, 7) is 3.95. The van der Waals surface area contributed by atoms with E-state index in [0.29, 0.717) is 15.7 Å². The molecular weight excluding hydrogens is 420 g/mol. The minimum absolute atomic E-state index is 0.0236. The summed E-state index contributed by atoms with van der Waals surface area (Å²) in [6.07, 6.45) is 0. The van der Waals surface area contributed by atoms with Gasteiger partial charge in [-0.3, -0.25) is 14.3 Å². The van der Waals surface area contributed by atoms with E-state index in [1.807, 2.05) is 49.9 Å². The fraction of sp³-hybridized carbons (Fsp3) is 0.318. The average molecular weight is 445 g/mol. The molecule has 1 heterocycles. The Balaban J connectivity index is 1.92. The highest BCUT2D eigenvalue weighted by Gasteiger charge is 2.25. The smallest absolute Gasteiger partial charge is 0.196 e. The van der Waals surface area contributed by atoms with Crippen LogP contribution in [0.4, 0.5) is 0 Å². The Labute approximate surface area is 186 Å². The fourth-order valence-electron chi connectivity index (χ4n) is 2.89. The van der Waals surface area contributed by atoms with Gasteiger partial charge in [0.05, 0.1) is 18.4 Å². The van der Waals surface area contributed by atoms with Gasteiger partial charge in [-0.2, -0.15) is 0 Å². The molecule has 0 aliphatic carbocycles. The topological polar surface area (TPSA) is 60.2 Å². The van der Waals surface area contributed by atoms with Crippen LogP contribution in [0.1, 0.15) is 36.1 Å². The van der Waals surface area contributed by atoms with Crippen molar-refractivity contribution in [2.24, 2.45) is 0 Å². The second-order valence-electron chi connectivity index (χ2n) is 7.15. The second-order valence-corrected chi connectivity index (χ2v) is 8.89. The molecule has 8 heteroatoms. The van der Waals surface area contributed by atoms with Crippen LogP contribution in [-0.2, 0) is 0 Å². The number of carbonyl (C=O) groups is 1. The zero-order chi connectivity index (χ0) is 21.8. The molecule has 0 saturated heterocycles. The van der Waals surface area contributed by atoms with E-state index >= 15 is 0 Å². The Hall–Kier alpha value is -2.35. The van der Waals surface area contributed by atoms with E-state index in [0.717, 1.165) is 17.3 Å². The Morgan fingerprint density at radius 3 is 2.27 bits per heavy atom. The van der Waals surface area contributed by atoms with Crippen molar-refractivity contribution >= 4 is 29.1 Å². The van der Waals surface area contributed by atoms with E-state index in [-0.39, 0.29) is 17.1 Å². The molecule has 1 aromatic heterocycles. The second kappa shape index (κ2) is 9.64. The summed E-state index contributed by atoms with van der Waals surface area (Å²) in [4.78, 5) is 15.0. The number of ketones is 1. The molecule has 0 fully saturated rings. The lowest BCUT2D eigenvalue weighted by Gasteiger charge is -2.21. The van der Waals surface area contributed by atoms with Crippen molar-refractivity contribution in [2.75, 3.05) is 21.2 Å². The predicted molar refractivity (Wildman–Crippen MR) is 121 cm³/mol. The zero-order valence-corrected chi connectivity index (χ0v) is 19.2. The normalized spacial score (nSPS) is 13.3. The molecule has 2 atom stereocenters. The predicted octanol–water partition coefficient (Wildman–Crippen LogP) is 4.92. The van der Waals surface area contributed by atoms with Crippen molar-refractivity contribution in [2.45, 2.75) is 30.3 Å². The molecular formula is C22H25ClN4O2S. The highest BCUT2D eigenvalue weighted by Crippen LogP contribution is 2.31. The van der Waals surface area contributed by atoms with E-state index in [1.54, 1.807) is 31.4 Å². The first kappa shape index (κ1) is 22.3. The lowest BCUT2D eigenvalue weighted by atomic mass is 10.1. The summed E-state index contributed by atoms with van der Waals surface area (Å²) >= 11 is 7.46. The summed E-state index contributed by atoms with van der Waals surface area (Å²) in [6, 6.07) is 14.7. The average Bonchev–Trinajstić information content (AvgIpc) is 3.16. The van der Waals surface area contributed by atoms with E-state index in [9.17, 15) is 4.79 Å². The summed E-state index contributed by atoms with van der Waals surface area (Å²) in [5.74, 6) is 1.54. The van der Waals surface area contributed by atoms with Crippen molar-refractivity contribution in [3.8, 4) is 11.4 Å². The molecule has 2 unspecified atom stereocenters. The number of nitrogens with zero attached hydrogens (tertiary/aromatic N) is 4. The highest BCUT2D eigenvalue weighted by molar-refractivity contribution is 8.00. The summed E-state index contributed by atoms with van der Waals surface area (Å²) < 4.78 is 7.16. The Morgan fingerprint density at radius 1 is 1.07 bits per heavy atom. The zero-order valence-electron chi connectivity index (χ0n) is 17.7. The molecule has 0 N–H and O–H groups in total. The quantitative estimate of drug-likeness (QED) is 0.363. The van der Waals surface area contributed by atoms with Crippen LogP contribution in [-0.4, -0.2) is 51.9 Å². The minimum Gasteiger partial charge on any atom is -0.497 e. The number of hydrogen-bond acceptors (Lipinski definition) is 6. The first-order valence-corrected chi connectivity index (χ1v) is 10.8. The van der Waals surface area contributed by atoms with Gasteiger partial charge in [0.25, 0.3) is 0 Å². The van der Waals surface area contributed by atoms with Crippen LogP contribution in [0.25, 0.3) is 5.69 Å². The largest absolute Gasteiger partial charge is 0.497 e. The van der Waals surface area contributed by atoms with Crippen LogP contribution in [0.5, 0.6) is 5.75 Å². The number of ether oxygens (including phenoxy) is 1. The van der Waals surface area contributed by atoms with Crippen molar-refractivity contribution in [3.05, 3.63) is 64.9 Å². The third kappa shape index (κ3) is 4.86. The monoisotopic (exact) mass is 444 g/mol. The van der Waals surface area contributed by atoms with Crippen LogP contribution in [0.3, 0.4) is 0 Å². The van der Waals surface area contributed by atoms with Gasteiger partial charge in [0.1, 0.15) is 5.75 Å². The first-order valence-electron chi connectivity index (χ1n) is 9.54. The summed E-state index contributed by atoms with van der Waals surface area (Å²) in [5.41, 5.74) is 1.54. The van der Waals surface area contributed by atoms with Gasteiger partial charge in [0.2, 0.25) is 0 Å². The van der Waals surface area contributed by atoms with Crippen LogP contribution < -0.4 is 4.74 Å².